The Kier molecular flexibility index (Phi) is 7.19. The van der Waals surface area contributed by atoms with E-state index in [0.29, 0.717) is 6.61 Å². The summed E-state index contributed by atoms with van der Waals surface area (Å²) in [4.78, 5) is 4.25. The minimum Gasteiger partial charge on any atom is -0.375 e. The third kappa shape index (κ3) is 6.69. The molecule has 0 aliphatic heterocycles. The summed E-state index contributed by atoms with van der Waals surface area (Å²) < 4.78 is 5.66. The summed E-state index contributed by atoms with van der Waals surface area (Å²) >= 11 is 0. The summed E-state index contributed by atoms with van der Waals surface area (Å²) in [5, 5.41) is 1.47. The highest BCUT2D eigenvalue weighted by Crippen LogP contribution is 2.12. The van der Waals surface area contributed by atoms with Crippen molar-refractivity contribution in [2.45, 2.75) is 38.3 Å². The first-order valence-corrected chi connectivity index (χ1v) is 8.71. The van der Waals surface area contributed by atoms with Gasteiger partial charge < -0.3 is 4.74 Å². The average molecular weight is 297 g/mol. The van der Waals surface area contributed by atoms with Gasteiger partial charge in [0, 0.05) is 12.8 Å². The molecule has 1 atom stereocenters. The Hall–Kier alpha value is -1.45. The summed E-state index contributed by atoms with van der Waals surface area (Å²) in [5.41, 5.74) is 1.78. The first-order chi connectivity index (χ1) is 10.3. The number of aromatic nitrogens is 1. The molecule has 0 aliphatic rings. The zero-order valence-electron chi connectivity index (χ0n) is 12.7. The van der Waals surface area contributed by atoms with Gasteiger partial charge in [-0.1, -0.05) is 61.4 Å². The fourth-order valence-electron chi connectivity index (χ4n) is 2.21. The SMILES string of the molecule is C[C@@H](CCCCOCc1ccccn1)[Si]c1ccccc1. The molecule has 0 spiro atoms. The van der Waals surface area contributed by atoms with E-state index < -0.39 is 0 Å². The van der Waals surface area contributed by atoms with Crippen LogP contribution in [-0.2, 0) is 11.3 Å². The van der Waals surface area contributed by atoms with Crippen molar-refractivity contribution in [2.75, 3.05) is 6.61 Å². The summed E-state index contributed by atoms with van der Waals surface area (Å²) in [6, 6.07) is 16.7. The highest BCUT2D eigenvalue weighted by atomic mass is 28.2. The molecule has 2 aromatic rings. The fourth-order valence-corrected chi connectivity index (χ4v) is 3.51. The lowest BCUT2D eigenvalue weighted by Gasteiger charge is -2.10. The lowest BCUT2D eigenvalue weighted by Crippen LogP contribution is -2.17. The van der Waals surface area contributed by atoms with E-state index in [-0.39, 0.29) is 0 Å². The molecular weight excluding hydrogens is 274 g/mol. The number of hydrogen-bond donors (Lipinski definition) is 0. The highest BCUT2D eigenvalue weighted by Gasteiger charge is 2.04. The largest absolute Gasteiger partial charge is 0.375 e. The average Bonchev–Trinajstić information content (AvgIpc) is 2.53. The Morgan fingerprint density at radius 3 is 2.62 bits per heavy atom. The lowest BCUT2D eigenvalue weighted by atomic mass is 10.2. The Morgan fingerprint density at radius 2 is 1.86 bits per heavy atom. The molecule has 2 nitrogen and oxygen atoms in total. The number of nitrogens with zero attached hydrogens (tertiary/aromatic N) is 1. The van der Waals surface area contributed by atoms with Crippen molar-refractivity contribution in [1.29, 1.82) is 0 Å². The molecule has 1 heterocycles. The standard InChI is InChI=1S/C18H23NOSi/c1-16(21-18-11-3-2-4-12-18)9-6-8-14-20-15-17-10-5-7-13-19-17/h2-5,7,10-13,16H,6,8-9,14-15H2,1H3/t16-/m0/s1. The van der Waals surface area contributed by atoms with Gasteiger partial charge in [-0.15, -0.1) is 0 Å². The molecule has 0 N–H and O–H groups in total. The van der Waals surface area contributed by atoms with Crippen LogP contribution in [0.3, 0.4) is 0 Å². The first-order valence-electron chi connectivity index (χ1n) is 7.64. The second-order valence-electron chi connectivity index (χ2n) is 5.28. The molecule has 3 heteroatoms. The molecule has 2 rings (SSSR count). The van der Waals surface area contributed by atoms with Crippen LogP contribution in [0.4, 0.5) is 0 Å². The van der Waals surface area contributed by atoms with Crippen LogP contribution in [0.5, 0.6) is 0 Å². The van der Waals surface area contributed by atoms with E-state index in [2.05, 4.69) is 42.2 Å². The van der Waals surface area contributed by atoms with E-state index in [1.165, 1.54) is 18.0 Å². The maximum atomic E-state index is 5.66. The molecule has 0 amide bonds. The van der Waals surface area contributed by atoms with Crippen LogP contribution in [-0.4, -0.2) is 21.1 Å². The quantitative estimate of drug-likeness (QED) is 0.521. The Bertz CT molecular complexity index is 489. The maximum absolute atomic E-state index is 5.66. The van der Waals surface area contributed by atoms with Gasteiger partial charge in [-0.05, 0) is 24.1 Å². The van der Waals surface area contributed by atoms with Crippen molar-refractivity contribution in [2.24, 2.45) is 0 Å². The highest BCUT2D eigenvalue weighted by molar-refractivity contribution is 6.54. The second-order valence-corrected chi connectivity index (χ2v) is 7.13. The Balaban J connectivity index is 1.51. The van der Waals surface area contributed by atoms with Crippen molar-refractivity contribution in [3.8, 4) is 0 Å². The van der Waals surface area contributed by atoms with E-state index in [4.69, 9.17) is 4.74 Å². The van der Waals surface area contributed by atoms with Crippen molar-refractivity contribution >= 4 is 14.7 Å². The van der Waals surface area contributed by atoms with Crippen LogP contribution in [0.1, 0.15) is 31.9 Å². The smallest absolute Gasteiger partial charge is 0.0887 e. The zero-order valence-corrected chi connectivity index (χ0v) is 13.7. The molecule has 0 saturated carbocycles. The van der Waals surface area contributed by atoms with Gasteiger partial charge in [0.25, 0.3) is 0 Å². The van der Waals surface area contributed by atoms with E-state index in [1.54, 1.807) is 0 Å². The van der Waals surface area contributed by atoms with Gasteiger partial charge in [0.2, 0.25) is 0 Å². The molecule has 110 valence electrons. The molecule has 0 bridgehead atoms. The van der Waals surface area contributed by atoms with Crippen LogP contribution in [0.2, 0.25) is 5.54 Å². The zero-order chi connectivity index (χ0) is 14.8. The van der Waals surface area contributed by atoms with E-state index in [0.717, 1.165) is 33.8 Å². The predicted molar refractivity (Wildman–Crippen MR) is 89.0 cm³/mol. The second kappa shape index (κ2) is 9.48. The van der Waals surface area contributed by atoms with Gasteiger partial charge in [0.1, 0.15) is 0 Å². The summed E-state index contributed by atoms with van der Waals surface area (Å²) in [6.45, 7) is 3.81. The summed E-state index contributed by atoms with van der Waals surface area (Å²) in [5.74, 6) is 0. The summed E-state index contributed by atoms with van der Waals surface area (Å²) in [6.07, 6.45) is 5.46. The van der Waals surface area contributed by atoms with E-state index >= 15 is 0 Å². The molecule has 0 unspecified atom stereocenters. The van der Waals surface area contributed by atoms with Gasteiger partial charge >= 0.3 is 0 Å². The van der Waals surface area contributed by atoms with Crippen LogP contribution in [0.15, 0.2) is 54.7 Å². The maximum Gasteiger partial charge on any atom is 0.0887 e. The molecule has 2 radical (unpaired) electrons. The van der Waals surface area contributed by atoms with Gasteiger partial charge in [-0.2, -0.15) is 0 Å². The molecular formula is C18H23NOSi. The third-order valence-electron chi connectivity index (χ3n) is 3.34. The lowest BCUT2D eigenvalue weighted by molar-refractivity contribution is 0.114. The molecule has 0 fully saturated rings. The van der Waals surface area contributed by atoms with E-state index in [9.17, 15) is 0 Å². The fraction of sp³-hybridized carbons (Fsp3) is 0.389. The topological polar surface area (TPSA) is 22.1 Å². The van der Waals surface area contributed by atoms with Gasteiger partial charge in [-0.3, -0.25) is 4.98 Å². The van der Waals surface area contributed by atoms with Gasteiger partial charge in [0.05, 0.1) is 21.8 Å². The summed E-state index contributed by atoms with van der Waals surface area (Å²) in [7, 11) is 0.917. The van der Waals surface area contributed by atoms with Crippen molar-refractivity contribution < 1.29 is 4.74 Å². The van der Waals surface area contributed by atoms with Crippen molar-refractivity contribution in [3.05, 3.63) is 60.4 Å². The normalized spacial score (nSPS) is 12.2. The minimum absolute atomic E-state index is 0.627. The number of rotatable bonds is 9. The molecule has 1 aromatic heterocycles. The van der Waals surface area contributed by atoms with Gasteiger partial charge in [-0.25, -0.2) is 0 Å². The molecule has 0 aliphatic carbocycles. The number of unbranched alkanes of at least 4 members (excludes halogenated alkanes) is 1. The van der Waals surface area contributed by atoms with Gasteiger partial charge in [0.15, 0.2) is 0 Å². The Morgan fingerprint density at radius 1 is 1.05 bits per heavy atom. The van der Waals surface area contributed by atoms with Crippen molar-refractivity contribution in [3.63, 3.8) is 0 Å². The monoisotopic (exact) mass is 297 g/mol. The number of ether oxygens (including phenoxy) is 1. The van der Waals surface area contributed by atoms with Crippen LogP contribution >= 0.6 is 0 Å². The van der Waals surface area contributed by atoms with Crippen LogP contribution < -0.4 is 5.19 Å². The molecule has 1 aromatic carbocycles. The molecule has 0 saturated heterocycles. The minimum atomic E-state index is 0.627. The predicted octanol–water partition coefficient (Wildman–Crippen LogP) is 3.61. The van der Waals surface area contributed by atoms with Crippen molar-refractivity contribution in [1.82, 2.24) is 4.98 Å². The third-order valence-corrected chi connectivity index (χ3v) is 4.79. The van der Waals surface area contributed by atoms with Crippen LogP contribution in [0.25, 0.3) is 0 Å². The number of pyridine rings is 1. The van der Waals surface area contributed by atoms with E-state index in [1.807, 2.05) is 24.4 Å². The first kappa shape index (κ1) is 15.9. The van der Waals surface area contributed by atoms with Crippen LogP contribution in [0, 0.1) is 0 Å². The molecule has 21 heavy (non-hydrogen) atoms. The number of benzene rings is 1. The Labute approximate surface area is 130 Å². The number of hydrogen-bond acceptors (Lipinski definition) is 2.